The number of rotatable bonds is 8. The molecule has 6 nitrogen and oxygen atoms in total. The minimum absolute atomic E-state index is 0.0624. The first-order valence-electron chi connectivity index (χ1n) is 8.04. The van der Waals surface area contributed by atoms with Gasteiger partial charge in [-0.15, -0.1) is 0 Å². The fraction of sp³-hybridized carbons (Fsp3) is 0.263. The highest BCUT2D eigenvalue weighted by Crippen LogP contribution is 2.25. The maximum Gasteiger partial charge on any atom is 0.305 e. The number of hydrogen-bond donors (Lipinski definition) is 0. The number of nitro groups is 1. The zero-order valence-electron chi connectivity index (χ0n) is 14.1. The maximum absolute atomic E-state index is 11.1. The molecule has 0 amide bonds. The highest BCUT2D eigenvalue weighted by molar-refractivity contribution is 5.79. The van der Waals surface area contributed by atoms with Crippen LogP contribution in [0.3, 0.4) is 0 Å². The van der Waals surface area contributed by atoms with Gasteiger partial charge in [-0.2, -0.15) is 0 Å². The van der Waals surface area contributed by atoms with Gasteiger partial charge >= 0.3 is 5.97 Å². The molecule has 25 heavy (non-hydrogen) atoms. The Balaban J connectivity index is 2.15. The van der Waals surface area contributed by atoms with Gasteiger partial charge in [0, 0.05) is 36.5 Å². The van der Waals surface area contributed by atoms with E-state index in [-0.39, 0.29) is 11.7 Å². The van der Waals surface area contributed by atoms with E-state index in [1.165, 1.54) is 19.2 Å². The SMILES string of the molecule is COC(=O)CCCC/C=C(/c1ccc([N+](=O)[O-])cc1)c1cccnc1. The van der Waals surface area contributed by atoms with Crippen LogP contribution in [0, 0.1) is 10.1 Å². The van der Waals surface area contributed by atoms with Gasteiger partial charge in [-0.05, 0) is 48.6 Å². The number of nitro benzene ring substituents is 1. The number of unbranched alkanes of at least 4 members (excludes halogenated alkanes) is 2. The minimum Gasteiger partial charge on any atom is -0.469 e. The number of allylic oxidation sites excluding steroid dienone is 1. The number of carbonyl (C=O) groups is 1. The summed E-state index contributed by atoms with van der Waals surface area (Å²) in [7, 11) is 1.39. The van der Waals surface area contributed by atoms with Crippen molar-refractivity contribution in [3.05, 3.63) is 76.1 Å². The Morgan fingerprint density at radius 2 is 1.96 bits per heavy atom. The second kappa shape index (κ2) is 9.32. The van der Waals surface area contributed by atoms with Gasteiger partial charge in [0.1, 0.15) is 0 Å². The lowest BCUT2D eigenvalue weighted by atomic mass is 9.97. The lowest BCUT2D eigenvalue weighted by Gasteiger charge is -2.08. The van der Waals surface area contributed by atoms with Crippen LogP contribution < -0.4 is 0 Å². The molecule has 130 valence electrons. The van der Waals surface area contributed by atoms with Crippen molar-refractivity contribution in [1.82, 2.24) is 4.98 Å². The van der Waals surface area contributed by atoms with Crippen LogP contribution in [0.1, 0.15) is 36.8 Å². The lowest BCUT2D eigenvalue weighted by Crippen LogP contribution is -1.99. The van der Waals surface area contributed by atoms with E-state index < -0.39 is 4.92 Å². The van der Waals surface area contributed by atoms with E-state index in [2.05, 4.69) is 15.8 Å². The molecule has 0 saturated carbocycles. The van der Waals surface area contributed by atoms with Gasteiger partial charge in [0.25, 0.3) is 5.69 Å². The summed E-state index contributed by atoms with van der Waals surface area (Å²) in [4.78, 5) is 25.7. The molecule has 6 heteroatoms. The quantitative estimate of drug-likeness (QED) is 0.312. The van der Waals surface area contributed by atoms with Gasteiger partial charge in [-0.25, -0.2) is 0 Å². The Kier molecular flexibility index (Phi) is 6.83. The normalized spacial score (nSPS) is 11.2. The average Bonchev–Trinajstić information content (AvgIpc) is 2.65. The predicted octanol–water partition coefficient (Wildman–Crippen LogP) is 4.15. The molecule has 1 aromatic heterocycles. The van der Waals surface area contributed by atoms with Crippen LogP contribution in [-0.4, -0.2) is 23.0 Å². The number of esters is 1. The lowest BCUT2D eigenvalue weighted by molar-refractivity contribution is -0.384. The van der Waals surface area contributed by atoms with Crippen LogP contribution in [0.2, 0.25) is 0 Å². The van der Waals surface area contributed by atoms with Crippen molar-refractivity contribution in [2.75, 3.05) is 7.11 Å². The van der Waals surface area contributed by atoms with Gasteiger partial charge in [0.2, 0.25) is 0 Å². The molecule has 0 aliphatic heterocycles. The number of pyridine rings is 1. The van der Waals surface area contributed by atoms with Gasteiger partial charge in [0.05, 0.1) is 12.0 Å². The zero-order valence-corrected chi connectivity index (χ0v) is 14.1. The summed E-state index contributed by atoms with van der Waals surface area (Å²) in [6.45, 7) is 0. The van der Waals surface area contributed by atoms with Gasteiger partial charge in [-0.3, -0.25) is 19.9 Å². The fourth-order valence-corrected chi connectivity index (χ4v) is 2.45. The molecule has 2 aromatic rings. The first-order valence-corrected chi connectivity index (χ1v) is 8.04. The smallest absolute Gasteiger partial charge is 0.305 e. The first-order chi connectivity index (χ1) is 12.1. The van der Waals surface area contributed by atoms with Crippen LogP contribution in [-0.2, 0) is 9.53 Å². The van der Waals surface area contributed by atoms with E-state index >= 15 is 0 Å². The first kappa shape index (κ1) is 18.3. The third kappa shape index (κ3) is 5.53. The molecule has 0 aliphatic rings. The van der Waals surface area contributed by atoms with Gasteiger partial charge < -0.3 is 4.74 Å². The summed E-state index contributed by atoms with van der Waals surface area (Å²) in [6.07, 6.45) is 8.35. The summed E-state index contributed by atoms with van der Waals surface area (Å²) in [5, 5.41) is 10.8. The highest BCUT2D eigenvalue weighted by Gasteiger charge is 2.09. The van der Waals surface area contributed by atoms with Crippen molar-refractivity contribution in [3.8, 4) is 0 Å². The van der Waals surface area contributed by atoms with Crippen LogP contribution >= 0.6 is 0 Å². The van der Waals surface area contributed by atoms with E-state index in [0.717, 1.165) is 36.0 Å². The van der Waals surface area contributed by atoms with E-state index in [1.807, 2.05) is 12.1 Å². The molecule has 0 saturated heterocycles. The molecule has 0 N–H and O–H groups in total. The third-order valence-electron chi connectivity index (χ3n) is 3.77. The minimum atomic E-state index is -0.413. The number of carbonyl (C=O) groups excluding carboxylic acids is 1. The molecular formula is C19H20N2O4. The molecule has 1 heterocycles. The van der Waals surface area contributed by atoms with Crippen LogP contribution in [0.5, 0.6) is 0 Å². The van der Waals surface area contributed by atoms with Gasteiger partial charge in [-0.1, -0.05) is 12.1 Å². The largest absolute Gasteiger partial charge is 0.469 e. The Labute approximate surface area is 146 Å². The molecule has 0 fully saturated rings. The molecule has 1 aromatic carbocycles. The summed E-state index contributed by atoms with van der Waals surface area (Å²) in [5.41, 5.74) is 2.88. The summed E-state index contributed by atoms with van der Waals surface area (Å²) >= 11 is 0. The van der Waals surface area contributed by atoms with Crippen molar-refractivity contribution in [2.45, 2.75) is 25.7 Å². The van der Waals surface area contributed by atoms with Crippen molar-refractivity contribution in [1.29, 1.82) is 0 Å². The number of ether oxygens (including phenoxy) is 1. The summed E-state index contributed by atoms with van der Waals surface area (Å²) < 4.78 is 4.63. The predicted molar refractivity (Wildman–Crippen MR) is 94.9 cm³/mol. The molecular weight excluding hydrogens is 320 g/mol. The van der Waals surface area contributed by atoms with Crippen LogP contribution in [0.25, 0.3) is 5.57 Å². The van der Waals surface area contributed by atoms with E-state index in [0.29, 0.717) is 6.42 Å². The second-order valence-corrected chi connectivity index (χ2v) is 5.49. The summed E-state index contributed by atoms with van der Waals surface area (Å²) in [6, 6.07) is 10.3. The Morgan fingerprint density at radius 3 is 2.56 bits per heavy atom. The van der Waals surface area contributed by atoms with Crippen molar-refractivity contribution < 1.29 is 14.5 Å². The number of hydrogen-bond acceptors (Lipinski definition) is 5. The topological polar surface area (TPSA) is 82.3 Å². The summed E-state index contributed by atoms with van der Waals surface area (Å²) in [5.74, 6) is -0.202. The molecule has 0 bridgehead atoms. The number of methoxy groups -OCH3 is 1. The monoisotopic (exact) mass is 340 g/mol. The third-order valence-corrected chi connectivity index (χ3v) is 3.77. The fourth-order valence-electron chi connectivity index (χ4n) is 2.45. The number of nitrogens with zero attached hydrogens (tertiary/aromatic N) is 2. The molecule has 2 rings (SSSR count). The molecule has 0 atom stereocenters. The molecule has 0 aliphatic carbocycles. The van der Waals surface area contributed by atoms with E-state index in [1.54, 1.807) is 24.5 Å². The Morgan fingerprint density at radius 1 is 1.20 bits per heavy atom. The highest BCUT2D eigenvalue weighted by atomic mass is 16.6. The maximum atomic E-state index is 11.1. The molecule has 0 radical (unpaired) electrons. The Bertz CT molecular complexity index is 740. The Hall–Kier alpha value is -3.02. The standard InChI is InChI=1S/C19H20N2O4/c1-25-19(22)8-4-2-3-7-18(16-6-5-13-20-14-16)15-9-11-17(12-10-15)21(23)24/h5-7,9-14H,2-4,8H2,1H3/b18-7-. The molecule has 0 unspecified atom stereocenters. The van der Waals surface area contributed by atoms with E-state index in [4.69, 9.17) is 0 Å². The number of benzene rings is 1. The molecule has 0 spiro atoms. The second-order valence-electron chi connectivity index (χ2n) is 5.49. The average molecular weight is 340 g/mol. The van der Waals surface area contributed by atoms with Crippen molar-refractivity contribution in [3.63, 3.8) is 0 Å². The zero-order chi connectivity index (χ0) is 18.1. The van der Waals surface area contributed by atoms with Gasteiger partial charge in [0.15, 0.2) is 0 Å². The number of aromatic nitrogens is 1. The van der Waals surface area contributed by atoms with E-state index in [9.17, 15) is 14.9 Å². The van der Waals surface area contributed by atoms with Crippen molar-refractivity contribution in [2.24, 2.45) is 0 Å². The van der Waals surface area contributed by atoms with Crippen molar-refractivity contribution >= 4 is 17.2 Å². The number of non-ortho nitro benzene ring substituents is 1. The van der Waals surface area contributed by atoms with Crippen LogP contribution in [0.15, 0.2) is 54.9 Å². The van der Waals surface area contributed by atoms with Crippen LogP contribution in [0.4, 0.5) is 5.69 Å².